The average molecular weight is 455 g/mol. The van der Waals surface area contributed by atoms with Crippen LogP contribution >= 0.6 is 11.6 Å². The summed E-state index contributed by atoms with van der Waals surface area (Å²) in [6.07, 6.45) is 7.62. The van der Waals surface area contributed by atoms with Crippen LogP contribution in [0.3, 0.4) is 0 Å². The van der Waals surface area contributed by atoms with Crippen molar-refractivity contribution in [3.8, 4) is 0 Å². The third-order valence-electron chi connectivity index (χ3n) is 6.42. The van der Waals surface area contributed by atoms with E-state index in [-0.39, 0.29) is 17.9 Å². The maximum atomic E-state index is 13.3. The number of carbonyl (C=O) groups excluding carboxylic acids is 2. The van der Waals surface area contributed by atoms with Crippen LogP contribution in [-0.2, 0) is 29.0 Å². The highest BCUT2D eigenvalue weighted by Gasteiger charge is 2.28. The van der Waals surface area contributed by atoms with Crippen LogP contribution in [0.1, 0.15) is 69.1 Å². The summed E-state index contributed by atoms with van der Waals surface area (Å²) in [5.74, 6) is -0.0876. The Kier molecular flexibility index (Phi) is 9.16. The van der Waals surface area contributed by atoms with E-state index in [2.05, 4.69) is 36.5 Å². The summed E-state index contributed by atoms with van der Waals surface area (Å²) in [6, 6.07) is 15.6. The maximum absolute atomic E-state index is 13.3. The van der Waals surface area contributed by atoms with Gasteiger partial charge in [0, 0.05) is 24.0 Å². The molecule has 2 amide bonds. The summed E-state index contributed by atoms with van der Waals surface area (Å²) in [4.78, 5) is 28.0. The maximum Gasteiger partial charge on any atom is 0.242 e. The zero-order valence-corrected chi connectivity index (χ0v) is 20.0. The summed E-state index contributed by atoms with van der Waals surface area (Å²) in [5.41, 5.74) is 3.35. The molecule has 0 aliphatic heterocycles. The molecule has 1 aliphatic carbocycles. The van der Waals surface area contributed by atoms with Crippen LogP contribution in [-0.4, -0.2) is 28.8 Å². The molecule has 0 bridgehead atoms. The Bertz CT molecular complexity index is 891. The molecule has 1 saturated carbocycles. The van der Waals surface area contributed by atoms with Gasteiger partial charge in [0.2, 0.25) is 11.8 Å². The highest BCUT2D eigenvalue weighted by molar-refractivity contribution is 6.30. The summed E-state index contributed by atoms with van der Waals surface area (Å²) < 4.78 is 0. The van der Waals surface area contributed by atoms with E-state index in [1.54, 1.807) is 4.90 Å². The lowest BCUT2D eigenvalue weighted by atomic mass is 9.95. The number of nitrogens with one attached hydrogen (secondary N) is 1. The number of rotatable bonds is 9. The van der Waals surface area contributed by atoms with E-state index in [4.69, 9.17) is 11.6 Å². The molecular weight excluding hydrogens is 420 g/mol. The highest BCUT2D eigenvalue weighted by atomic mass is 35.5. The molecule has 1 atom stereocenters. The first kappa shape index (κ1) is 24.3. The molecule has 0 aromatic heterocycles. The predicted molar refractivity (Wildman–Crippen MR) is 131 cm³/mol. The van der Waals surface area contributed by atoms with E-state index in [0.717, 1.165) is 43.2 Å². The van der Waals surface area contributed by atoms with Crippen molar-refractivity contribution in [1.29, 1.82) is 0 Å². The average Bonchev–Trinajstić information content (AvgIpc) is 2.81. The highest BCUT2D eigenvalue weighted by Crippen LogP contribution is 2.19. The lowest BCUT2D eigenvalue weighted by molar-refractivity contribution is -0.141. The molecule has 0 saturated heterocycles. The third kappa shape index (κ3) is 7.09. The van der Waals surface area contributed by atoms with Crippen LogP contribution in [0.5, 0.6) is 0 Å². The van der Waals surface area contributed by atoms with E-state index < -0.39 is 6.04 Å². The van der Waals surface area contributed by atoms with Gasteiger partial charge in [0.25, 0.3) is 0 Å². The van der Waals surface area contributed by atoms with Crippen molar-refractivity contribution in [2.45, 2.75) is 83.8 Å². The van der Waals surface area contributed by atoms with Crippen molar-refractivity contribution in [3.63, 3.8) is 0 Å². The van der Waals surface area contributed by atoms with Crippen molar-refractivity contribution in [1.82, 2.24) is 10.2 Å². The Hall–Kier alpha value is -2.33. The van der Waals surface area contributed by atoms with Gasteiger partial charge in [0.1, 0.15) is 6.04 Å². The molecule has 3 rings (SSSR count). The molecule has 0 unspecified atom stereocenters. The van der Waals surface area contributed by atoms with Gasteiger partial charge in [0.15, 0.2) is 0 Å². The number of halogens is 1. The van der Waals surface area contributed by atoms with Gasteiger partial charge < -0.3 is 10.2 Å². The fourth-order valence-electron chi connectivity index (χ4n) is 4.32. The van der Waals surface area contributed by atoms with Gasteiger partial charge in [0.05, 0.1) is 0 Å². The SMILES string of the molecule is CCc1ccc(CCC(=O)N(Cc2cccc(Cl)c2)[C@@H](C)C(=O)NC2CCCCC2)cc1. The van der Waals surface area contributed by atoms with Crippen molar-refractivity contribution in [2.24, 2.45) is 0 Å². The number of hydrogen-bond acceptors (Lipinski definition) is 2. The first-order valence-electron chi connectivity index (χ1n) is 11.9. The Morgan fingerprint density at radius 3 is 2.38 bits per heavy atom. The number of amides is 2. The van der Waals surface area contributed by atoms with Gasteiger partial charge in [-0.05, 0) is 61.4 Å². The minimum absolute atomic E-state index is 0.0177. The van der Waals surface area contributed by atoms with E-state index in [0.29, 0.717) is 24.4 Å². The van der Waals surface area contributed by atoms with Crippen LogP contribution in [0.4, 0.5) is 0 Å². The predicted octanol–water partition coefficient (Wildman–Crippen LogP) is 5.70. The topological polar surface area (TPSA) is 49.4 Å². The summed E-state index contributed by atoms with van der Waals surface area (Å²) in [7, 11) is 0. The molecule has 5 heteroatoms. The quantitative estimate of drug-likeness (QED) is 0.528. The molecule has 0 spiro atoms. The lowest BCUT2D eigenvalue weighted by Crippen LogP contribution is -2.50. The number of aryl methyl sites for hydroxylation is 2. The van der Waals surface area contributed by atoms with Gasteiger partial charge in [-0.2, -0.15) is 0 Å². The van der Waals surface area contributed by atoms with E-state index in [1.165, 1.54) is 12.0 Å². The second kappa shape index (κ2) is 12.1. The summed E-state index contributed by atoms with van der Waals surface area (Å²) in [5, 5.41) is 3.81. The fraction of sp³-hybridized carbons (Fsp3) is 0.481. The van der Waals surface area contributed by atoms with Gasteiger partial charge in [-0.15, -0.1) is 0 Å². The van der Waals surface area contributed by atoms with Crippen molar-refractivity contribution >= 4 is 23.4 Å². The first-order chi connectivity index (χ1) is 15.5. The van der Waals surface area contributed by atoms with Crippen molar-refractivity contribution < 1.29 is 9.59 Å². The van der Waals surface area contributed by atoms with E-state index in [1.807, 2.05) is 31.2 Å². The molecular formula is C27H35ClN2O2. The molecule has 1 aliphatic rings. The Morgan fingerprint density at radius 1 is 1.03 bits per heavy atom. The van der Waals surface area contributed by atoms with Crippen LogP contribution < -0.4 is 5.32 Å². The minimum atomic E-state index is -0.536. The Balaban J connectivity index is 1.69. The van der Waals surface area contributed by atoms with Crippen molar-refractivity contribution in [2.75, 3.05) is 0 Å². The molecule has 172 valence electrons. The van der Waals surface area contributed by atoms with Crippen LogP contribution in [0.25, 0.3) is 0 Å². The minimum Gasteiger partial charge on any atom is -0.352 e. The van der Waals surface area contributed by atoms with Crippen LogP contribution in [0.2, 0.25) is 5.02 Å². The Morgan fingerprint density at radius 2 is 1.72 bits per heavy atom. The van der Waals surface area contributed by atoms with Crippen molar-refractivity contribution in [3.05, 3.63) is 70.2 Å². The Labute approximate surface area is 197 Å². The van der Waals surface area contributed by atoms with E-state index in [9.17, 15) is 9.59 Å². The summed E-state index contributed by atoms with van der Waals surface area (Å²) in [6.45, 7) is 4.33. The lowest BCUT2D eigenvalue weighted by Gasteiger charge is -2.31. The summed E-state index contributed by atoms with van der Waals surface area (Å²) >= 11 is 6.16. The second-order valence-electron chi connectivity index (χ2n) is 8.84. The van der Waals surface area contributed by atoms with Gasteiger partial charge >= 0.3 is 0 Å². The molecule has 4 nitrogen and oxygen atoms in total. The standard InChI is InChI=1S/C27H35ClN2O2/c1-3-21-12-14-22(15-13-21)16-17-26(31)30(19-23-8-7-9-24(28)18-23)20(2)27(32)29-25-10-5-4-6-11-25/h7-9,12-15,18,20,25H,3-6,10-11,16-17,19H2,1-2H3,(H,29,32)/t20-/m0/s1. The van der Waals surface area contributed by atoms with E-state index >= 15 is 0 Å². The number of benzene rings is 2. The van der Waals surface area contributed by atoms with Gasteiger partial charge in [-0.3, -0.25) is 9.59 Å². The molecule has 0 radical (unpaired) electrons. The zero-order chi connectivity index (χ0) is 22.9. The zero-order valence-electron chi connectivity index (χ0n) is 19.3. The normalized spacial score (nSPS) is 15.2. The van der Waals surface area contributed by atoms with Gasteiger partial charge in [-0.25, -0.2) is 0 Å². The largest absolute Gasteiger partial charge is 0.352 e. The number of nitrogens with zero attached hydrogens (tertiary/aromatic N) is 1. The number of hydrogen-bond donors (Lipinski definition) is 1. The molecule has 2 aromatic carbocycles. The second-order valence-corrected chi connectivity index (χ2v) is 9.28. The van der Waals surface area contributed by atoms with Gasteiger partial charge in [-0.1, -0.05) is 74.2 Å². The number of carbonyl (C=O) groups is 2. The smallest absolute Gasteiger partial charge is 0.242 e. The molecule has 2 aromatic rings. The first-order valence-corrected chi connectivity index (χ1v) is 12.3. The molecule has 1 N–H and O–H groups in total. The van der Waals surface area contributed by atoms with Crippen LogP contribution in [0.15, 0.2) is 48.5 Å². The molecule has 0 heterocycles. The monoisotopic (exact) mass is 454 g/mol. The molecule has 32 heavy (non-hydrogen) atoms. The van der Waals surface area contributed by atoms with Crippen LogP contribution in [0, 0.1) is 0 Å². The molecule has 1 fully saturated rings. The third-order valence-corrected chi connectivity index (χ3v) is 6.65. The fourth-order valence-corrected chi connectivity index (χ4v) is 4.53.